The third-order valence-electron chi connectivity index (χ3n) is 4.51. The van der Waals surface area contributed by atoms with Crippen molar-refractivity contribution in [3.05, 3.63) is 34.9 Å². The van der Waals surface area contributed by atoms with Gasteiger partial charge in [0.25, 0.3) is 0 Å². The summed E-state index contributed by atoms with van der Waals surface area (Å²) < 4.78 is 5.53. The number of nitrogens with two attached hydrogens (primary N) is 1. The van der Waals surface area contributed by atoms with Gasteiger partial charge in [0, 0.05) is 11.0 Å². The SMILES string of the molecule is CC(C)(N)CC1(c2ccc3c(c2)CCCC3)COC1. The highest BCUT2D eigenvalue weighted by molar-refractivity contribution is 5.39. The standard InChI is InChI=1S/C17H25NO/c1-16(2,18)10-17(11-19-12-17)15-8-7-13-5-3-4-6-14(13)9-15/h7-9H,3-6,10-12,18H2,1-2H3. The average Bonchev–Trinajstić information content (AvgIpc) is 2.32. The van der Waals surface area contributed by atoms with Gasteiger partial charge in [-0.25, -0.2) is 0 Å². The molecule has 2 heteroatoms. The molecule has 1 heterocycles. The van der Waals surface area contributed by atoms with Gasteiger partial charge in [0.1, 0.15) is 0 Å². The number of fused-ring (bicyclic) bond motifs is 1. The lowest BCUT2D eigenvalue weighted by Crippen LogP contribution is -2.53. The molecule has 1 aliphatic heterocycles. The molecular weight excluding hydrogens is 234 g/mol. The molecule has 0 saturated carbocycles. The molecule has 104 valence electrons. The maximum Gasteiger partial charge on any atom is 0.0586 e. The number of rotatable bonds is 3. The van der Waals surface area contributed by atoms with Crippen molar-refractivity contribution in [2.75, 3.05) is 13.2 Å². The summed E-state index contributed by atoms with van der Waals surface area (Å²) in [4.78, 5) is 0. The van der Waals surface area contributed by atoms with E-state index in [-0.39, 0.29) is 11.0 Å². The van der Waals surface area contributed by atoms with Crippen LogP contribution in [0, 0.1) is 0 Å². The van der Waals surface area contributed by atoms with Crippen molar-refractivity contribution < 1.29 is 4.74 Å². The van der Waals surface area contributed by atoms with E-state index in [4.69, 9.17) is 10.5 Å². The predicted molar refractivity (Wildman–Crippen MR) is 78.5 cm³/mol. The van der Waals surface area contributed by atoms with E-state index in [2.05, 4.69) is 32.0 Å². The minimum atomic E-state index is -0.139. The Morgan fingerprint density at radius 1 is 1.16 bits per heavy atom. The molecule has 2 nitrogen and oxygen atoms in total. The van der Waals surface area contributed by atoms with Crippen LogP contribution in [0.25, 0.3) is 0 Å². The Balaban J connectivity index is 1.91. The highest BCUT2D eigenvalue weighted by Crippen LogP contribution is 2.40. The first-order valence-corrected chi connectivity index (χ1v) is 7.48. The van der Waals surface area contributed by atoms with Crippen LogP contribution in [0.4, 0.5) is 0 Å². The van der Waals surface area contributed by atoms with E-state index in [1.807, 2.05) is 0 Å². The minimum absolute atomic E-state index is 0.139. The number of aryl methyl sites for hydroxylation is 2. The fourth-order valence-electron chi connectivity index (χ4n) is 3.65. The molecule has 0 aromatic heterocycles. The smallest absolute Gasteiger partial charge is 0.0586 e. The normalized spacial score (nSPS) is 21.6. The van der Waals surface area contributed by atoms with Crippen LogP contribution in [0.15, 0.2) is 18.2 Å². The Morgan fingerprint density at radius 3 is 2.42 bits per heavy atom. The Morgan fingerprint density at radius 2 is 1.84 bits per heavy atom. The van der Waals surface area contributed by atoms with Crippen LogP contribution in [0.5, 0.6) is 0 Å². The zero-order valence-electron chi connectivity index (χ0n) is 12.2. The van der Waals surface area contributed by atoms with E-state index in [9.17, 15) is 0 Å². The molecule has 0 bridgehead atoms. The Labute approximate surface area is 116 Å². The van der Waals surface area contributed by atoms with Crippen molar-refractivity contribution in [2.45, 2.75) is 56.9 Å². The van der Waals surface area contributed by atoms with Gasteiger partial charge in [-0.05, 0) is 62.6 Å². The van der Waals surface area contributed by atoms with Crippen molar-refractivity contribution in [3.8, 4) is 0 Å². The van der Waals surface area contributed by atoms with Crippen molar-refractivity contribution in [3.63, 3.8) is 0 Å². The van der Waals surface area contributed by atoms with Gasteiger partial charge in [-0.1, -0.05) is 18.2 Å². The van der Waals surface area contributed by atoms with Gasteiger partial charge in [0.05, 0.1) is 13.2 Å². The van der Waals surface area contributed by atoms with E-state index < -0.39 is 0 Å². The molecule has 1 aliphatic carbocycles. The molecule has 0 unspecified atom stereocenters. The first kappa shape index (κ1) is 13.1. The minimum Gasteiger partial charge on any atom is -0.379 e. The van der Waals surface area contributed by atoms with Crippen LogP contribution in [-0.4, -0.2) is 18.8 Å². The Hall–Kier alpha value is -0.860. The third-order valence-corrected chi connectivity index (χ3v) is 4.51. The van der Waals surface area contributed by atoms with Crippen molar-refractivity contribution in [1.29, 1.82) is 0 Å². The summed E-state index contributed by atoms with van der Waals surface area (Å²) in [6, 6.07) is 7.09. The van der Waals surface area contributed by atoms with Crippen molar-refractivity contribution in [1.82, 2.24) is 0 Å². The van der Waals surface area contributed by atoms with Gasteiger partial charge in [-0.15, -0.1) is 0 Å². The molecule has 19 heavy (non-hydrogen) atoms. The molecule has 1 saturated heterocycles. The molecule has 0 spiro atoms. The maximum absolute atomic E-state index is 6.25. The fourth-order valence-corrected chi connectivity index (χ4v) is 3.65. The van der Waals surface area contributed by atoms with Gasteiger partial charge in [-0.3, -0.25) is 0 Å². The van der Waals surface area contributed by atoms with Gasteiger partial charge >= 0.3 is 0 Å². The highest BCUT2D eigenvalue weighted by atomic mass is 16.5. The number of hydrogen-bond donors (Lipinski definition) is 1. The van der Waals surface area contributed by atoms with Gasteiger partial charge in [0.15, 0.2) is 0 Å². The summed E-state index contributed by atoms with van der Waals surface area (Å²) in [5.74, 6) is 0. The number of hydrogen-bond acceptors (Lipinski definition) is 2. The first-order valence-electron chi connectivity index (χ1n) is 7.48. The largest absolute Gasteiger partial charge is 0.379 e. The molecule has 1 aromatic rings. The molecule has 2 N–H and O–H groups in total. The lowest BCUT2D eigenvalue weighted by Gasteiger charge is -2.46. The maximum atomic E-state index is 6.25. The third kappa shape index (κ3) is 2.56. The molecule has 1 fully saturated rings. The second-order valence-electron chi connectivity index (χ2n) is 7.13. The summed E-state index contributed by atoms with van der Waals surface area (Å²) in [5.41, 5.74) is 10.8. The lowest BCUT2D eigenvalue weighted by molar-refractivity contribution is -0.0719. The topological polar surface area (TPSA) is 35.2 Å². The van der Waals surface area contributed by atoms with E-state index >= 15 is 0 Å². The van der Waals surface area contributed by atoms with Gasteiger partial charge in [-0.2, -0.15) is 0 Å². The van der Waals surface area contributed by atoms with E-state index in [0.29, 0.717) is 0 Å². The second-order valence-corrected chi connectivity index (χ2v) is 7.13. The summed E-state index contributed by atoms with van der Waals surface area (Å²) >= 11 is 0. The Kier molecular flexibility index (Phi) is 3.18. The molecule has 0 amide bonds. The average molecular weight is 259 g/mol. The molecule has 3 rings (SSSR count). The predicted octanol–water partition coefficient (Wildman–Crippen LogP) is 2.96. The van der Waals surface area contributed by atoms with Gasteiger partial charge < -0.3 is 10.5 Å². The zero-order valence-corrected chi connectivity index (χ0v) is 12.2. The monoisotopic (exact) mass is 259 g/mol. The van der Waals surface area contributed by atoms with Crippen LogP contribution in [0.3, 0.4) is 0 Å². The molecular formula is C17H25NO. The molecule has 2 aliphatic rings. The molecule has 1 aromatic carbocycles. The van der Waals surface area contributed by atoms with Gasteiger partial charge in [0.2, 0.25) is 0 Å². The summed E-state index contributed by atoms with van der Waals surface area (Å²) in [7, 11) is 0. The van der Waals surface area contributed by atoms with E-state index in [0.717, 1.165) is 19.6 Å². The lowest BCUT2D eigenvalue weighted by atomic mass is 9.70. The van der Waals surface area contributed by atoms with Crippen LogP contribution in [-0.2, 0) is 23.0 Å². The summed E-state index contributed by atoms with van der Waals surface area (Å²) in [6.07, 6.45) is 6.17. The number of benzene rings is 1. The summed E-state index contributed by atoms with van der Waals surface area (Å²) in [5, 5.41) is 0. The number of ether oxygens (including phenoxy) is 1. The fraction of sp³-hybridized carbons (Fsp3) is 0.647. The van der Waals surface area contributed by atoms with Crippen LogP contribution in [0.1, 0.15) is 49.8 Å². The zero-order chi connectivity index (χ0) is 13.5. The second kappa shape index (κ2) is 4.60. The Bertz CT molecular complexity index is 469. The van der Waals surface area contributed by atoms with E-state index in [1.165, 1.54) is 31.2 Å². The van der Waals surface area contributed by atoms with Crippen LogP contribution in [0.2, 0.25) is 0 Å². The first-order chi connectivity index (χ1) is 8.99. The summed E-state index contributed by atoms with van der Waals surface area (Å²) in [6.45, 7) is 5.88. The quantitative estimate of drug-likeness (QED) is 0.905. The van der Waals surface area contributed by atoms with Crippen LogP contribution < -0.4 is 5.73 Å². The molecule has 0 radical (unpaired) electrons. The molecule has 0 atom stereocenters. The highest BCUT2D eigenvalue weighted by Gasteiger charge is 2.43. The van der Waals surface area contributed by atoms with E-state index in [1.54, 1.807) is 11.1 Å². The van der Waals surface area contributed by atoms with Crippen molar-refractivity contribution >= 4 is 0 Å². The van der Waals surface area contributed by atoms with Crippen molar-refractivity contribution in [2.24, 2.45) is 5.73 Å². The van der Waals surface area contributed by atoms with Crippen LogP contribution >= 0.6 is 0 Å².